The minimum atomic E-state index is -0.313. The van der Waals surface area contributed by atoms with Crippen molar-refractivity contribution < 1.29 is 9.53 Å². The van der Waals surface area contributed by atoms with E-state index in [0.717, 1.165) is 29.2 Å². The van der Waals surface area contributed by atoms with Crippen molar-refractivity contribution in [2.75, 3.05) is 5.32 Å². The van der Waals surface area contributed by atoms with Crippen LogP contribution in [0.2, 0.25) is 0 Å². The number of nitrogens with zero attached hydrogens (tertiary/aromatic N) is 2. The largest absolute Gasteiger partial charge is 0.426 e. The van der Waals surface area contributed by atoms with E-state index in [0.29, 0.717) is 5.75 Å². The molecule has 5 heteroatoms. The molecule has 0 saturated carbocycles. The molecular weight excluding hydrogens is 302 g/mol. The maximum atomic E-state index is 11.1. The summed E-state index contributed by atoms with van der Waals surface area (Å²) >= 11 is 0. The zero-order chi connectivity index (χ0) is 16.9. The second-order valence-electron chi connectivity index (χ2n) is 5.38. The first-order chi connectivity index (χ1) is 11.7. The van der Waals surface area contributed by atoms with Gasteiger partial charge in [-0.05, 0) is 42.3 Å². The third kappa shape index (κ3) is 3.63. The Labute approximate surface area is 140 Å². The van der Waals surface area contributed by atoms with Gasteiger partial charge in [-0.15, -0.1) is 0 Å². The molecule has 3 rings (SSSR count). The molecule has 0 fully saturated rings. The molecular formula is C19H19N3O2. The van der Waals surface area contributed by atoms with Crippen LogP contribution in [0.25, 0.3) is 5.69 Å². The Kier molecular flexibility index (Phi) is 4.61. The first-order valence-corrected chi connectivity index (χ1v) is 7.85. The standard InChI is InChI=1S/C19H19N3O2/c1-3-15-13-16(9-10-18(15)24-14(2)23)20-19-11-12-22(21-19)17-7-5-4-6-8-17/h4-13H,3H2,1-2H3,(H,20,21). The van der Waals surface area contributed by atoms with Crippen molar-refractivity contribution in [3.63, 3.8) is 0 Å². The van der Waals surface area contributed by atoms with E-state index in [2.05, 4.69) is 10.4 Å². The number of ether oxygens (including phenoxy) is 1. The number of esters is 1. The van der Waals surface area contributed by atoms with Crippen LogP contribution >= 0.6 is 0 Å². The van der Waals surface area contributed by atoms with Gasteiger partial charge in [0.1, 0.15) is 5.75 Å². The van der Waals surface area contributed by atoms with E-state index in [4.69, 9.17) is 4.74 Å². The van der Waals surface area contributed by atoms with Gasteiger partial charge >= 0.3 is 5.97 Å². The highest BCUT2D eigenvalue weighted by Crippen LogP contribution is 2.25. The number of hydrogen-bond acceptors (Lipinski definition) is 4. The van der Waals surface area contributed by atoms with Gasteiger partial charge in [-0.3, -0.25) is 4.79 Å². The highest BCUT2D eigenvalue weighted by molar-refractivity contribution is 5.70. The number of benzene rings is 2. The van der Waals surface area contributed by atoms with Crippen LogP contribution in [-0.4, -0.2) is 15.7 Å². The Morgan fingerprint density at radius 3 is 2.67 bits per heavy atom. The number of rotatable bonds is 5. The molecule has 3 aromatic rings. The fourth-order valence-corrected chi connectivity index (χ4v) is 2.45. The van der Waals surface area contributed by atoms with E-state index >= 15 is 0 Å². The number of carbonyl (C=O) groups is 1. The number of para-hydroxylation sites is 1. The summed E-state index contributed by atoms with van der Waals surface area (Å²) in [5.74, 6) is 1.04. The molecule has 0 bridgehead atoms. The first-order valence-electron chi connectivity index (χ1n) is 7.85. The van der Waals surface area contributed by atoms with Crippen molar-refractivity contribution in [3.05, 3.63) is 66.4 Å². The van der Waals surface area contributed by atoms with Crippen LogP contribution in [0.3, 0.4) is 0 Å². The Hall–Kier alpha value is -3.08. The molecule has 0 amide bonds. The number of carbonyl (C=O) groups excluding carboxylic acids is 1. The lowest BCUT2D eigenvalue weighted by Crippen LogP contribution is -2.04. The molecule has 0 unspecified atom stereocenters. The average Bonchev–Trinajstić information content (AvgIpc) is 3.05. The lowest BCUT2D eigenvalue weighted by atomic mass is 10.1. The average molecular weight is 321 g/mol. The van der Waals surface area contributed by atoms with Crippen LogP contribution < -0.4 is 10.1 Å². The van der Waals surface area contributed by atoms with Crippen LogP contribution in [0.4, 0.5) is 11.5 Å². The van der Waals surface area contributed by atoms with E-state index in [9.17, 15) is 4.79 Å². The van der Waals surface area contributed by atoms with Crippen molar-refractivity contribution >= 4 is 17.5 Å². The Morgan fingerprint density at radius 2 is 1.96 bits per heavy atom. The molecule has 0 spiro atoms. The van der Waals surface area contributed by atoms with Crippen molar-refractivity contribution in [2.45, 2.75) is 20.3 Å². The number of hydrogen-bond donors (Lipinski definition) is 1. The Balaban J connectivity index is 1.79. The molecule has 0 aliphatic rings. The quantitative estimate of drug-likeness (QED) is 0.568. The Bertz CT molecular complexity index is 841. The van der Waals surface area contributed by atoms with Crippen LogP contribution in [-0.2, 0) is 11.2 Å². The zero-order valence-corrected chi connectivity index (χ0v) is 13.7. The smallest absolute Gasteiger partial charge is 0.308 e. The van der Waals surface area contributed by atoms with Crippen molar-refractivity contribution in [3.8, 4) is 11.4 Å². The molecule has 0 saturated heterocycles. The monoisotopic (exact) mass is 321 g/mol. The highest BCUT2D eigenvalue weighted by atomic mass is 16.5. The fraction of sp³-hybridized carbons (Fsp3) is 0.158. The van der Waals surface area contributed by atoms with E-state index < -0.39 is 0 Å². The van der Waals surface area contributed by atoms with Gasteiger partial charge < -0.3 is 10.1 Å². The van der Waals surface area contributed by atoms with Gasteiger partial charge in [-0.2, -0.15) is 5.10 Å². The summed E-state index contributed by atoms with van der Waals surface area (Å²) in [6, 6.07) is 17.5. The number of aryl methyl sites for hydroxylation is 1. The van der Waals surface area contributed by atoms with Gasteiger partial charge in [0.05, 0.1) is 5.69 Å². The predicted octanol–water partition coefficient (Wildman–Crippen LogP) is 4.10. The lowest BCUT2D eigenvalue weighted by Gasteiger charge is -2.10. The predicted molar refractivity (Wildman–Crippen MR) is 94.0 cm³/mol. The van der Waals surface area contributed by atoms with Crippen LogP contribution in [0.5, 0.6) is 5.75 Å². The minimum Gasteiger partial charge on any atom is -0.426 e. The van der Waals surface area contributed by atoms with E-state index in [-0.39, 0.29) is 5.97 Å². The van der Waals surface area contributed by atoms with Crippen LogP contribution in [0.15, 0.2) is 60.8 Å². The second-order valence-corrected chi connectivity index (χ2v) is 5.38. The van der Waals surface area contributed by atoms with E-state index in [1.807, 2.05) is 66.3 Å². The van der Waals surface area contributed by atoms with Crippen molar-refractivity contribution in [1.29, 1.82) is 0 Å². The molecule has 0 radical (unpaired) electrons. The molecule has 2 aromatic carbocycles. The number of aromatic nitrogens is 2. The Morgan fingerprint density at radius 1 is 1.17 bits per heavy atom. The summed E-state index contributed by atoms with van der Waals surface area (Å²) in [6.07, 6.45) is 2.68. The second kappa shape index (κ2) is 7.00. The number of anilines is 2. The summed E-state index contributed by atoms with van der Waals surface area (Å²) in [6.45, 7) is 3.43. The third-order valence-corrected chi connectivity index (χ3v) is 3.58. The van der Waals surface area contributed by atoms with Crippen LogP contribution in [0, 0.1) is 0 Å². The number of nitrogens with one attached hydrogen (secondary N) is 1. The van der Waals surface area contributed by atoms with E-state index in [1.165, 1.54) is 6.92 Å². The third-order valence-electron chi connectivity index (χ3n) is 3.58. The van der Waals surface area contributed by atoms with Gasteiger partial charge in [-0.25, -0.2) is 4.68 Å². The van der Waals surface area contributed by atoms with Gasteiger partial charge in [0, 0.05) is 24.9 Å². The topological polar surface area (TPSA) is 56.1 Å². The molecule has 1 aromatic heterocycles. The lowest BCUT2D eigenvalue weighted by molar-refractivity contribution is -0.131. The van der Waals surface area contributed by atoms with Gasteiger partial charge in [0.2, 0.25) is 0 Å². The molecule has 1 heterocycles. The molecule has 1 N–H and O–H groups in total. The molecule has 0 aliphatic heterocycles. The van der Waals surface area contributed by atoms with Gasteiger partial charge in [0.15, 0.2) is 5.82 Å². The van der Waals surface area contributed by atoms with Crippen molar-refractivity contribution in [1.82, 2.24) is 9.78 Å². The summed E-state index contributed by atoms with van der Waals surface area (Å²) in [7, 11) is 0. The maximum Gasteiger partial charge on any atom is 0.308 e. The molecule has 122 valence electrons. The van der Waals surface area contributed by atoms with Crippen molar-refractivity contribution in [2.24, 2.45) is 0 Å². The maximum absolute atomic E-state index is 11.1. The highest BCUT2D eigenvalue weighted by Gasteiger charge is 2.07. The van der Waals surface area contributed by atoms with Gasteiger partial charge in [0.25, 0.3) is 0 Å². The molecule has 24 heavy (non-hydrogen) atoms. The van der Waals surface area contributed by atoms with Gasteiger partial charge in [-0.1, -0.05) is 25.1 Å². The fourth-order valence-electron chi connectivity index (χ4n) is 2.45. The summed E-state index contributed by atoms with van der Waals surface area (Å²) in [5.41, 5.74) is 2.88. The summed E-state index contributed by atoms with van der Waals surface area (Å²) in [5, 5.41) is 7.80. The molecule has 0 atom stereocenters. The van der Waals surface area contributed by atoms with E-state index in [1.54, 1.807) is 6.07 Å². The summed E-state index contributed by atoms with van der Waals surface area (Å²) < 4.78 is 7.03. The molecule has 0 aliphatic carbocycles. The first kappa shape index (κ1) is 15.8. The SMILES string of the molecule is CCc1cc(Nc2ccn(-c3ccccc3)n2)ccc1OC(C)=O. The normalized spacial score (nSPS) is 10.4. The minimum absolute atomic E-state index is 0.313. The summed E-state index contributed by atoms with van der Waals surface area (Å²) in [4.78, 5) is 11.1. The van der Waals surface area contributed by atoms with Crippen LogP contribution in [0.1, 0.15) is 19.4 Å². The molecule has 5 nitrogen and oxygen atoms in total. The zero-order valence-electron chi connectivity index (χ0n) is 13.7.